The fourth-order valence-corrected chi connectivity index (χ4v) is 1.20. The number of anilines is 3. The SMILES string of the molecule is C#CCONc1nc(NCCC)nc(NCCC)n1.Cl. The van der Waals surface area contributed by atoms with Gasteiger partial charge in [0.05, 0.1) is 0 Å². The molecule has 1 rings (SSSR count). The topological polar surface area (TPSA) is 84.0 Å². The zero-order valence-corrected chi connectivity index (χ0v) is 12.6. The molecule has 1 aromatic rings. The fraction of sp³-hybridized carbons (Fsp3) is 0.583. The van der Waals surface area contributed by atoms with Crippen LogP contribution in [-0.4, -0.2) is 34.6 Å². The van der Waals surface area contributed by atoms with E-state index in [1.807, 2.05) is 0 Å². The summed E-state index contributed by atoms with van der Waals surface area (Å²) in [5.41, 5.74) is 2.59. The van der Waals surface area contributed by atoms with Gasteiger partial charge in [-0.25, -0.2) is 5.48 Å². The number of rotatable bonds is 9. The van der Waals surface area contributed by atoms with Crippen LogP contribution in [0.15, 0.2) is 0 Å². The van der Waals surface area contributed by atoms with Gasteiger partial charge < -0.3 is 10.6 Å². The maximum atomic E-state index is 5.09. The number of hydrogen-bond acceptors (Lipinski definition) is 7. The van der Waals surface area contributed by atoms with Crippen molar-refractivity contribution >= 4 is 30.3 Å². The predicted octanol–water partition coefficient (Wildman–Crippen LogP) is 1.91. The first-order valence-electron chi connectivity index (χ1n) is 6.35. The van der Waals surface area contributed by atoms with Crippen molar-refractivity contribution in [3.63, 3.8) is 0 Å². The summed E-state index contributed by atoms with van der Waals surface area (Å²) >= 11 is 0. The van der Waals surface area contributed by atoms with Crippen LogP contribution in [0.2, 0.25) is 0 Å². The van der Waals surface area contributed by atoms with Crippen LogP contribution >= 0.6 is 12.4 Å². The van der Waals surface area contributed by atoms with Crippen molar-refractivity contribution in [1.82, 2.24) is 15.0 Å². The van der Waals surface area contributed by atoms with E-state index in [4.69, 9.17) is 11.3 Å². The van der Waals surface area contributed by atoms with Crippen LogP contribution in [0.4, 0.5) is 17.8 Å². The van der Waals surface area contributed by atoms with Crippen molar-refractivity contribution in [3.8, 4) is 12.3 Å². The molecule has 0 unspecified atom stereocenters. The van der Waals surface area contributed by atoms with Crippen molar-refractivity contribution in [2.24, 2.45) is 0 Å². The molecule has 0 aliphatic carbocycles. The first-order chi connectivity index (χ1) is 9.30. The molecular formula is C12H21ClN6O. The Kier molecular flexibility index (Phi) is 10.1. The molecule has 0 atom stereocenters. The number of nitrogens with zero attached hydrogens (tertiary/aromatic N) is 3. The summed E-state index contributed by atoms with van der Waals surface area (Å²) in [4.78, 5) is 17.6. The molecule has 0 aromatic carbocycles. The van der Waals surface area contributed by atoms with Crippen molar-refractivity contribution < 1.29 is 4.84 Å². The van der Waals surface area contributed by atoms with Gasteiger partial charge in [0.2, 0.25) is 11.9 Å². The highest BCUT2D eigenvalue weighted by molar-refractivity contribution is 5.85. The third-order valence-corrected chi connectivity index (χ3v) is 2.02. The quantitative estimate of drug-likeness (QED) is 0.365. The molecule has 0 amide bonds. The maximum Gasteiger partial charge on any atom is 0.253 e. The predicted molar refractivity (Wildman–Crippen MR) is 83.0 cm³/mol. The van der Waals surface area contributed by atoms with Crippen LogP contribution in [0, 0.1) is 12.3 Å². The highest BCUT2D eigenvalue weighted by Gasteiger charge is 2.05. The molecule has 3 N–H and O–H groups in total. The van der Waals surface area contributed by atoms with E-state index >= 15 is 0 Å². The third-order valence-electron chi connectivity index (χ3n) is 2.02. The molecule has 1 heterocycles. The molecule has 0 radical (unpaired) electrons. The average molecular weight is 301 g/mol. The first kappa shape index (κ1) is 18.2. The Morgan fingerprint density at radius 2 is 1.50 bits per heavy atom. The molecule has 0 saturated heterocycles. The molecule has 8 heteroatoms. The molecule has 112 valence electrons. The summed E-state index contributed by atoms with van der Waals surface area (Å²) in [6.45, 7) is 5.87. The molecule has 0 saturated carbocycles. The van der Waals surface area contributed by atoms with Crippen molar-refractivity contribution in [2.75, 3.05) is 35.8 Å². The van der Waals surface area contributed by atoms with Crippen LogP contribution in [0.5, 0.6) is 0 Å². The van der Waals surface area contributed by atoms with E-state index in [0.29, 0.717) is 17.8 Å². The summed E-state index contributed by atoms with van der Waals surface area (Å²) in [7, 11) is 0. The van der Waals surface area contributed by atoms with Gasteiger partial charge in [0.15, 0.2) is 0 Å². The minimum Gasteiger partial charge on any atom is -0.354 e. The summed E-state index contributed by atoms with van der Waals surface area (Å²) in [6.07, 6.45) is 7.06. The van der Waals surface area contributed by atoms with E-state index in [1.54, 1.807) is 0 Å². The van der Waals surface area contributed by atoms with Gasteiger partial charge in [0, 0.05) is 13.1 Å². The number of terminal acetylenes is 1. The molecule has 1 aromatic heterocycles. The van der Waals surface area contributed by atoms with E-state index < -0.39 is 0 Å². The standard InChI is InChI=1S/C12H20N6O.ClH/c1-4-7-13-10-15-11(14-8-5-2)17-12(16-10)18-19-9-6-3;/h3H,4-5,7-9H2,1-2H3,(H3,13,14,15,16,17,18);1H. The molecule has 0 aliphatic rings. The summed E-state index contributed by atoms with van der Waals surface area (Å²) in [5, 5.41) is 6.21. The molecule has 20 heavy (non-hydrogen) atoms. The fourth-order valence-electron chi connectivity index (χ4n) is 1.20. The van der Waals surface area contributed by atoms with Crippen molar-refractivity contribution in [2.45, 2.75) is 26.7 Å². The Morgan fingerprint density at radius 1 is 1.00 bits per heavy atom. The van der Waals surface area contributed by atoms with Crippen LogP contribution in [-0.2, 0) is 4.84 Å². The lowest BCUT2D eigenvalue weighted by Crippen LogP contribution is -2.13. The van der Waals surface area contributed by atoms with Crippen LogP contribution in [0.3, 0.4) is 0 Å². The zero-order chi connectivity index (χ0) is 13.9. The molecule has 0 spiro atoms. The summed E-state index contributed by atoms with van der Waals surface area (Å²) in [6, 6.07) is 0. The number of nitrogens with one attached hydrogen (secondary N) is 3. The Balaban J connectivity index is 0.00000361. The Morgan fingerprint density at radius 3 is 1.95 bits per heavy atom. The van der Waals surface area contributed by atoms with E-state index in [-0.39, 0.29) is 19.0 Å². The minimum absolute atomic E-state index is 0. The molecule has 0 aliphatic heterocycles. The van der Waals surface area contributed by atoms with Crippen molar-refractivity contribution in [3.05, 3.63) is 0 Å². The van der Waals surface area contributed by atoms with Gasteiger partial charge in [-0.1, -0.05) is 19.8 Å². The van der Waals surface area contributed by atoms with Crippen LogP contribution in [0.25, 0.3) is 0 Å². The highest BCUT2D eigenvalue weighted by Crippen LogP contribution is 2.09. The average Bonchev–Trinajstić information content (AvgIpc) is 2.43. The first-order valence-corrected chi connectivity index (χ1v) is 6.35. The summed E-state index contributed by atoms with van der Waals surface area (Å²) in [5.74, 6) is 3.67. The number of hydrogen-bond donors (Lipinski definition) is 3. The van der Waals surface area contributed by atoms with Crippen LogP contribution in [0.1, 0.15) is 26.7 Å². The maximum absolute atomic E-state index is 5.09. The monoisotopic (exact) mass is 300 g/mol. The second kappa shape index (κ2) is 11.1. The molecule has 7 nitrogen and oxygen atoms in total. The Hall–Kier alpha value is -1.78. The molecule has 0 bridgehead atoms. The van der Waals surface area contributed by atoms with Gasteiger partial charge in [0.1, 0.15) is 6.61 Å². The van der Waals surface area contributed by atoms with E-state index in [9.17, 15) is 0 Å². The van der Waals surface area contributed by atoms with Gasteiger partial charge in [-0.2, -0.15) is 15.0 Å². The number of halogens is 1. The summed E-state index contributed by atoms with van der Waals surface area (Å²) < 4.78 is 0. The second-order valence-electron chi connectivity index (χ2n) is 3.75. The lowest BCUT2D eigenvalue weighted by Gasteiger charge is -2.09. The van der Waals surface area contributed by atoms with Gasteiger partial charge in [0.25, 0.3) is 5.95 Å². The smallest absolute Gasteiger partial charge is 0.253 e. The van der Waals surface area contributed by atoms with Crippen LogP contribution < -0.4 is 16.1 Å². The second-order valence-corrected chi connectivity index (χ2v) is 3.75. The highest BCUT2D eigenvalue weighted by atomic mass is 35.5. The van der Waals surface area contributed by atoms with Gasteiger partial charge in [-0.3, -0.25) is 4.84 Å². The minimum atomic E-state index is 0. The van der Waals surface area contributed by atoms with E-state index in [2.05, 4.69) is 50.8 Å². The largest absolute Gasteiger partial charge is 0.354 e. The normalized spacial score (nSPS) is 9.25. The van der Waals surface area contributed by atoms with E-state index in [0.717, 1.165) is 25.9 Å². The van der Waals surface area contributed by atoms with Crippen molar-refractivity contribution in [1.29, 1.82) is 0 Å². The van der Waals surface area contributed by atoms with E-state index in [1.165, 1.54) is 0 Å². The molecular weight excluding hydrogens is 280 g/mol. The number of aromatic nitrogens is 3. The molecule has 0 fully saturated rings. The Labute approximate surface area is 125 Å². The lowest BCUT2D eigenvalue weighted by atomic mass is 10.5. The van der Waals surface area contributed by atoms with Gasteiger partial charge in [-0.15, -0.1) is 18.8 Å². The van der Waals surface area contributed by atoms with Gasteiger partial charge >= 0.3 is 0 Å². The Bertz CT molecular complexity index is 397. The third kappa shape index (κ3) is 6.97. The lowest BCUT2D eigenvalue weighted by molar-refractivity contribution is 0.230. The van der Waals surface area contributed by atoms with Gasteiger partial charge in [-0.05, 0) is 12.8 Å². The zero-order valence-electron chi connectivity index (χ0n) is 11.8.